The predicted octanol–water partition coefficient (Wildman–Crippen LogP) is 2.61. The minimum Gasteiger partial charge on any atom is -0.489 e. The summed E-state index contributed by atoms with van der Waals surface area (Å²) < 4.78 is 11.2. The number of nitrogens with one attached hydrogen (secondary N) is 3. The van der Waals surface area contributed by atoms with Crippen LogP contribution in [0.15, 0.2) is 36.4 Å². The molecule has 1 aliphatic rings. The van der Waals surface area contributed by atoms with Crippen LogP contribution < -0.4 is 25.6 Å². The molecular formula is C20H22ClN3O4. The van der Waals surface area contributed by atoms with Crippen LogP contribution in [0.4, 0.5) is 5.69 Å². The molecular weight excluding hydrogens is 382 g/mol. The summed E-state index contributed by atoms with van der Waals surface area (Å²) in [4.78, 5) is 24.0. The third-order valence-electron chi connectivity index (χ3n) is 4.07. The van der Waals surface area contributed by atoms with Crippen molar-refractivity contribution in [3.63, 3.8) is 0 Å². The molecule has 0 saturated carbocycles. The molecule has 1 heterocycles. The second-order valence-electron chi connectivity index (χ2n) is 6.45. The number of hydrogen-bond donors (Lipinski definition) is 3. The number of carbonyl (C=O) groups is 2. The van der Waals surface area contributed by atoms with Gasteiger partial charge in [0.25, 0.3) is 5.91 Å². The average Bonchev–Trinajstić information content (AvgIpc) is 2.92. The van der Waals surface area contributed by atoms with Crippen LogP contribution >= 0.6 is 11.6 Å². The SMILES string of the molecule is Cc1ccc(NCC(=O)NNC(=O)Cc2cc(Cl)c3c(c2)OCCCO3)cc1. The maximum Gasteiger partial charge on any atom is 0.257 e. The fourth-order valence-electron chi connectivity index (χ4n) is 2.65. The molecule has 0 spiro atoms. The van der Waals surface area contributed by atoms with Crippen molar-refractivity contribution in [3.8, 4) is 11.5 Å². The smallest absolute Gasteiger partial charge is 0.257 e. The van der Waals surface area contributed by atoms with Crippen LogP contribution in [0.3, 0.4) is 0 Å². The lowest BCUT2D eigenvalue weighted by molar-refractivity contribution is -0.127. The van der Waals surface area contributed by atoms with E-state index in [4.69, 9.17) is 21.1 Å². The van der Waals surface area contributed by atoms with Crippen molar-refractivity contribution < 1.29 is 19.1 Å². The number of hydrogen-bond acceptors (Lipinski definition) is 5. The fourth-order valence-corrected chi connectivity index (χ4v) is 2.94. The molecule has 28 heavy (non-hydrogen) atoms. The summed E-state index contributed by atoms with van der Waals surface area (Å²) in [6.45, 7) is 3.10. The van der Waals surface area contributed by atoms with E-state index in [0.717, 1.165) is 17.7 Å². The van der Waals surface area contributed by atoms with Gasteiger partial charge in [-0.2, -0.15) is 0 Å². The van der Waals surface area contributed by atoms with Crippen LogP contribution in [0.25, 0.3) is 0 Å². The first kappa shape index (κ1) is 19.8. The van der Waals surface area contributed by atoms with E-state index in [2.05, 4.69) is 16.2 Å². The topological polar surface area (TPSA) is 88.7 Å². The Hall–Kier alpha value is -2.93. The monoisotopic (exact) mass is 403 g/mol. The highest BCUT2D eigenvalue weighted by molar-refractivity contribution is 6.32. The molecule has 7 nitrogen and oxygen atoms in total. The fraction of sp³-hybridized carbons (Fsp3) is 0.300. The first-order chi connectivity index (χ1) is 13.5. The molecule has 0 fully saturated rings. The molecule has 0 unspecified atom stereocenters. The molecule has 148 valence electrons. The van der Waals surface area contributed by atoms with Gasteiger partial charge in [0.1, 0.15) is 0 Å². The zero-order valence-corrected chi connectivity index (χ0v) is 16.3. The Morgan fingerprint density at radius 1 is 1.04 bits per heavy atom. The molecule has 0 radical (unpaired) electrons. The van der Waals surface area contributed by atoms with Crippen molar-refractivity contribution in [3.05, 3.63) is 52.5 Å². The van der Waals surface area contributed by atoms with Crippen LogP contribution in [0.5, 0.6) is 11.5 Å². The molecule has 0 saturated heterocycles. The molecule has 0 atom stereocenters. The van der Waals surface area contributed by atoms with Gasteiger partial charge in [-0.1, -0.05) is 29.3 Å². The van der Waals surface area contributed by atoms with Gasteiger partial charge < -0.3 is 14.8 Å². The van der Waals surface area contributed by atoms with Crippen LogP contribution in [0.2, 0.25) is 5.02 Å². The number of hydrazine groups is 1. The maximum atomic E-state index is 12.1. The minimum atomic E-state index is -0.366. The highest BCUT2D eigenvalue weighted by atomic mass is 35.5. The molecule has 2 aromatic rings. The van der Waals surface area contributed by atoms with Crippen molar-refractivity contribution in [1.29, 1.82) is 0 Å². The summed E-state index contributed by atoms with van der Waals surface area (Å²) in [6, 6.07) is 11.1. The Bertz CT molecular complexity index is 855. The second-order valence-corrected chi connectivity index (χ2v) is 6.86. The van der Waals surface area contributed by atoms with Crippen LogP contribution in [-0.2, 0) is 16.0 Å². The summed E-state index contributed by atoms with van der Waals surface area (Å²) in [5, 5.41) is 3.38. The van der Waals surface area contributed by atoms with Gasteiger partial charge in [0, 0.05) is 12.1 Å². The van der Waals surface area contributed by atoms with E-state index in [0.29, 0.717) is 35.3 Å². The molecule has 2 amide bonds. The second kappa shape index (κ2) is 9.32. The first-order valence-corrected chi connectivity index (χ1v) is 9.35. The van der Waals surface area contributed by atoms with Crippen molar-refractivity contribution >= 4 is 29.1 Å². The minimum absolute atomic E-state index is 0.0409. The van der Waals surface area contributed by atoms with Gasteiger partial charge in [0.05, 0.1) is 31.2 Å². The molecule has 8 heteroatoms. The van der Waals surface area contributed by atoms with Gasteiger partial charge in [-0.3, -0.25) is 20.4 Å². The normalized spacial score (nSPS) is 12.6. The van der Waals surface area contributed by atoms with Gasteiger partial charge in [0.2, 0.25) is 5.91 Å². The lowest BCUT2D eigenvalue weighted by Gasteiger charge is -2.12. The van der Waals surface area contributed by atoms with E-state index in [1.165, 1.54) is 0 Å². The molecule has 3 rings (SSSR count). The molecule has 0 bridgehead atoms. The van der Waals surface area contributed by atoms with Crippen molar-refractivity contribution in [1.82, 2.24) is 10.9 Å². The lowest BCUT2D eigenvalue weighted by atomic mass is 10.1. The number of anilines is 1. The van der Waals surface area contributed by atoms with Crippen LogP contribution in [0, 0.1) is 6.92 Å². The number of ether oxygens (including phenoxy) is 2. The number of aryl methyl sites for hydroxylation is 1. The number of rotatable bonds is 5. The lowest BCUT2D eigenvalue weighted by Crippen LogP contribution is -2.44. The van der Waals surface area contributed by atoms with Gasteiger partial charge >= 0.3 is 0 Å². The number of amides is 2. The van der Waals surface area contributed by atoms with E-state index >= 15 is 0 Å². The van der Waals surface area contributed by atoms with Gasteiger partial charge in [-0.05, 0) is 36.8 Å². The Balaban J connectivity index is 1.47. The summed E-state index contributed by atoms with van der Waals surface area (Å²) in [6.07, 6.45) is 0.811. The summed E-state index contributed by atoms with van der Waals surface area (Å²) in [5.41, 5.74) is 7.41. The highest BCUT2D eigenvalue weighted by Crippen LogP contribution is 2.38. The van der Waals surface area contributed by atoms with E-state index in [-0.39, 0.29) is 24.8 Å². The Kier molecular flexibility index (Phi) is 6.60. The van der Waals surface area contributed by atoms with E-state index in [1.807, 2.05) is 31.2 Å². The first-order valence-electron chi connectivity index (χ1n) is 8.97. The molecule has 3 N–H and O–H groups in total. The molecule has 1 aliphatic heterocycles. The number of carbonyl (C=O) groups excluding carboxylic acids is 2. The highest BCUT2D eigenvalue weighted by Gasteiger charge is 2.17. The zero-order chi connectivity index (χ0) is 19.9. The molecule has 0 aromatic heterocycles. The maximum absolute atomic E-state index is 12.1. The number of halogens is 1. The summed E-state index contributed by atoms with van der Waals surface area (Å²) in [5.74, 6) is 0.304. The van der Waals surface area contributed by atoms with Gasteiger partial charge in [0.15, 0.2) is 11.5 Å². The van der Waals surface area contributed by atoms with Crippen molar-refractivity contribution in [2.75, 3.05) is 25.1 Å². The Morgan fingerprint density at radius 3 is 2.54 bits per heavy atom. The van der Waals surface area contributed by atoms with E-state index in [1.54, 1.807) is 12.1 Å². The van der Waals surface area contributed by atoms with Gasteiger partial charge in [-0.15, -0.1) is 0 Å². The summed E-state index contributed by atoms with van der Waals surface area (Å²) >= 11 is 6.23. The van der Waals surface area contributed by atoms with Crippen molar-refractivity contribution in [2.24, 2.45) is 0 Å². The Labute approximate surface area is 168 Å². The van der Waals surface area contributed by atoms with E-state index in [9.17, 15) is 9.59 Å². The third kappa shape index (κ3) is 5.53. The molecule has 0 aliphatic carbocycles. The van der Waals surface area contributed by atoms with Crippen LogP contribution in [-0.4, -0.2) is 31.6 Å². The zero-order valence-electron chi connectivity index (χ0n) is 15.5. The summed E-state index contributed by atoms with van der Waals surface area (Å²) in [7, 11) is 0. The quantitative estimate of drug-likeness (QED) is 0.668. The van der Waals surface area contributed by atoms with Crippen molar-refractivity contribution in [2.45, 2.75) is 19.8 Å². The van der Waals surface area contributed by atoms with Crippen LogP contribution in [0.1, 0.15) is 17.5 Å². The standard InChI is InChI=1S/C20H22ClN3O4/c1-13-3-5-15(6-4-13)22-12-19(26)24-23-18(25)11-14-9-16(21)20-17(10-14)27-7-2-8-28-20/h3-6,9-10,22H,2,7-8,11-12H2,1H3,(H,23,25)(H,24,26). The Morgan fingerprint density at radius 2 is 1.75 bits per heavy atom. The van der Waals surface area contributed by atoms with E-state index < -0.39 is 0 Å². The number of benzene rings is 2. The number of fused-ring (bicyclic) bond motifs is 1. The largest absolute Gasteiger partial charge is 0.489 e. The predicted molar refractivity (Wildman–Crippen MR) is 107 cm³/mol. The average molecular weight is 404 g/mol. The van der Waals surface area contributed by atoms with Gasteiger partial charge in [-0.25, -0.2) is 0 Å². The third-order valence-corrected chi connectivity index (χ3v) is 4.35. The molecule has 2 aromatic carbocycles.